The highest BCUT2D eigenvalue weighted by atomic mass is 19.4. The number of aromatic nitrogens is 2. The summed E-state index contributed by atoms with van der Waals surface area (Å²) in [7, 11) is 1.60. The number of hydrogen-bond donors (Lipinski definition) is 1. The van der Waals surface area contributed by atoms with E-state index in [4.69, 9.17) is 14.0 Å². The molecule has 3 rings (SSSR count). The summed E-state index contributed by atoms with van der Waals surface area (Å²) in [4.78, 5) is 4.20. The van der Waals surface area contributed by atoms with Crippen LogP contribution in [-0.2, 0) is 17.5 Å². The van der Waals surface area contributed by atoms with Gasteiger partial charge in [-0.25, -0.2) is 0 Å². The molecule has 0 saturated carbocycles. The average Bonchev–Trinajstić information content (AvgIpc) is 3.15. The van der Waals surface area contributed by atoms with Crippen molar-refractivity contribution in [1.29, 1.82) is 0 Å². The third-order valence-corrected chi connectivity index (χ3v) is 3.77. The molecule has 3 aromatic rings. The van der Waals surface area contributed by atoms with E-state index in [-0.39, 0.29) is 12.4 Å². The number of rotatable bonds is 8. The Kier molecular flexibility index (Phi) is 6.15. The summed E-state index contributed by atoms with van der Waals surface area (Å²) < 4.78 is 53.5. The monoisotopic (exact) mass is 393 g/mol. The van der Waals surface area contributed by atoms with Gasteiger partial charge in [0.2, 0.25) is 11.7 Å². The Morgan fingerprint density at radius 3 is 2.57 bits per heavy atom. The van der Waals surface area contributed by atoms with Gasteiger partial charge >= 0.3 is 6.18 Å². The van der Waals surface area contributed by atoms with Crippen LogP contribution in [0.5, 0.6) is 5.75 Å². The second-order valence-electron chi connectivity index (χ2n) is 5.81. The molecule has 9 heteroatoms. The number of nitrogens with zero attached hydrogens (tertiary/aromatic N) is 2. The van der Waals surface area contributed by atoms with Crippen molar-refractivity contribution in [3.63, 3.8) is 0 Å². The molecular formula is C19H18F3N3O3. The molecule has 0 aliphatic heterocycles. The molecule has 0 aliphatic carbocycles. The number of anilines is 1. The Morgan fingerprint density at radius 1 is 1.07 bits per heavy atom. The molecule has 0 unspecified atom stereocenters. The minimum Gasteiger partial charge on any atom is -0.491 e. The fourth-order valence-corrected chi connectivity index (χ4v) is 2.37. The topological polar surface area (TPSA) is 69.4 Å². The van der Waals surface area contributed by atoms with Crippen molar-refractivity contribution in [3.05, 3.63) is 60.0 Å². The minimum atomic E-state index is -4.38. The van der Waals surface area contributed by atoms with Gasteiger partial charge in [0.15, 0.2) is 0 Å². The number of nitrogens with one attached hydrogen (secondary N) is 1. The first-order chi connectivity index (χ1) is 13.5. The molecule has 2 aromatic carbocycles. The molecule has 0 radical (unpaired) electrons. The van der Waals surface area contributed by atoms with Crippen LogP contribution in [0, 0.1) is 0 Å². The van der Waals surface area contributed by atoms with Gasteiger partial charge in [0.25, 0.3) is 0 Å². The standard InChI is InChI=1S/C19H18F3N3O3/c1-26-9-10-27-16-4-2-3-15(11-16)23-12-17-24-18(25-28-17)13-5-7-14(8-6-13)19(20,21)22/h2-8,11,23H,9-10,12H2,1H3. The maximum Gasteiger partial charge on any atom is 0.416 e. The lowest BCUT2D eigenvalue weighted by Crippen LogP contribution is -2.05. The zero-order chi connectivity index (χ0) is 20.0. The van der Waals surface area contributed by atoms with Gasteiger partial charge in [0.05, 0.1) is 18.7 Å². The van der Waals surface area contributed by atoms with Gasteiger partial charge in [-0.1, -0.05) is 23.4 Å². The van der Waals surface area contributed by atoms with Gasteiger partial charge in [-0.05, 0) is 24.3 Å². The molecule has 0 aliphatic rings. The molecule has 0 atom stereocenters. The van der Waals surface area contributed by atoms with E-state index >= 15 is 0 Å². The van der Waals surface area contributed by atoms with Crippen molar-refractivity contribution in [2.75, 3.05) is 25.6 Å². The first-order valence-electron chi connectivity index (χ1n) is 8.41. The maximum absolute atomic E-state index is 12.6. The summed E-state index contributed by atoms with van der Waals surface area (Å²) in [5, 5.41) is 6.94. The van der Waals surface area contributed by atoms with Gasteiger partial charge < -0.3 is 19.3 Å². The number of benzene rings is 2. The zero-order valence-electron chi connectivity index (χ0n) is 15.0. The van der Waals surface area contributed by atoms with Crippen molar-refractivity contribution >= 4 is 5.69 Å². The van der Waals surface area contributed by atoms with Crippen LogP contribution >= 0.6 is 0 Å². The van der Waals surface area contributed by atoms with Crippen molar-refractivity contribution in [1.82, 2.24) is 10.1 Å². The SMILES string of the molecule is COCCOc1cccc(NCc2nc(-c3ccc(C(F)(F)F)cc3)no2)c1. The Labute approximate surface area is 159 Å². The van der Waals surface area contributed by atoms with Crippen molar-refractivity contribution in [2.45, 2.75) is 12.7 Å². The van der Waals surface area contributed by atoms with E-state index in [0.29, 0.717) is 30.4 Å². The average molecular weight is 393 g/mol. The zero-order valence-corrected chi connectivity index (χ0v) is 15.0. The molecule has 1 N–H and O–H groups in total. The van der Waals surface area contributed by atoms with Crippen LogP contribution in [-0.4, -0.2) is 30.5 Å². The third-order valence-electron chi connectivity index (χ3n) is 3.77. The maximum atomic E-state index is 12.6. The van der Waals surface area contributed by atoms with E-state index in [9.17, 15) is 13.2 Å². The van der Waals surface area contributed by atoms with Crippen LogP contribution in [0.2, 0.25) is 0 Å². The molecule has 28 heavy (non-hydrogen) atoms. The largest absolute Gasteiger partial charge is 0.491 e. The fraction of sp³-hybridized carbons (Fsp3) is 0.263. The Hall–Kier alpha value is -3.07. The van der Waals surface area contributed by atoms with Gasteiger partial charge in [-0.15, -0.1) is 0 Å². The van der Waals surface area contributed by atoms with E-state index < -0.39 is 11.7 Å². The molecular weight excluding hydrogens is 375 g/mol. The second kappa shape index (κ2) is 8.75. The molecule has 6 nitrogen and oxygen atoms in total. The quantitative estimate of drug-likeness (QED) is 0.573. The Bertz CT molecular complexity index is 895. The number of hydrogen-bond acceptors (Lipinski definition) is 6. The van der Waals surface area contributed by atoms with Crippen molar-refractivity contribution in [2.24, 2.45) is 0 Å². The lowest BCUT2D eigenvalue weighted by atomic mass is 10.1. The molecule has 0 bridgehead atoms. The third kappa shape index (κ3) is 5.23. The first-order valence-corrected chi connectivity index (χ1v) is 8.41. The van der Waals surface area contributed by atoms with Crippen LogP contribution in [0.3, 0.4) is 0 Å². The normalized spacial score (nSPS) is 11.4. The van der Waals surface area contributed by atoms with Crippen molar-refractivity contribution < 1.29 is 27.2 Å². The number of alkyl halides is 3. The van der Waals surface area contributed by atoms with Crippen LogP contribution in [0.25, 0.3) is 11.4 Å². The van der Waals surface area contributed by atoms with Crippen LogP contribution in [0.4, 0.5) is 18.9 Å². The Morgan fingerprint density at radius 2 is 1.86 bits per heavy atom. The molecule has 148 valence electrons. The number of methoxy groups -OCH3 is 1. The van der Waals surface area contributed by atoms with Gasteiger partial charge in [0.1, 0.15) is 12.4 Å². The summed E-state index contributed by atoms with van der Waals surface area (Å²) in [6.07, 6.45) is -4.38. The van der Waals surface area contributed by atoms with Crippen LogP contribution in [0.15, 0.2) is 53.1 Å². The van der Waals surface area contributed by atoms with E-state index in [1.165, 1.54) is 12.1 Å². The lowest BCUT2D eigenvalue weighted by molar-refractivity contribution is -0.137. The Balaban J connectivity index is 1.60. The molecule has 1 heterocycles. The number of halogens is 3. The summed E-state index contributed by atoms with van der Waals surface area (Å²) in [5.41, 5.74) is 0.509. The van der Waals surface area contributed by atoms with E-state index in [1.54, 1.807) is 7.11 Å². The minimum absolute atomic E-state index is 0.224. The molecule has 0 saturated heterocycles. The summed E-state index contributed by atoms with van der Waals surface area (Å²) in [5.74, 6) is 1.22. The summed E-state index contributed by atoms with van der Waals surface area (Å²) in [6, 6.07) is 11.9. The van der Waals surface area contributed by atoms with Gasteiger partial charge in [-0.3, -0.25) is 0 Å². The predicted molar refractivity (Wildman–Crippen MR) is 95.9 cm³/mol. The smallest absolute Gasteiger partial charge is 0.416 e. The lowest BCUT2D eigenvalue weighted by Gasteiger charge is -2.08. The molecule has 0 fully saturated rings. The number of ether oxygens (including phenoxy) is 2. The highest BCUT2D eigenvalue weighted by Gasteiger charge is 2.30. The fourth-order valence-electron chi connectivity index (χ4n) is 2.37. The second-order valence-corrected chi connectivity index (χ2v) is 5.81. The van der Waals surface area contributed by atoms with Crippen LogP contribution < -0.4 is 10.1 Å². The van der Waals surface area contributed by atoms with E-state index in [0.717, 1.165) is 17.8 Å². The summed E-state index contributed by atoms with van der Waals surface area (Å²) >= 11 is 0. The van der Waals surface area contributed by atoms with Gasteiger partial charge in [0, 0.05) is 24.4 Å². The van der Waals surface area contributed by atoms with E-state index in [2.05, 4.69) is 15.5 Å². The van der Waals surface area contributed by atoms with Crippen LogP contribution in [0.1, 0.15) is 11.5 Å². The highest BCUT2D eigenvalue weighted by molar-refractivity contribution is 5.55. The molecule has 0 amide bonds. The first kappa shape index (κ1) is 19.7. The predicted octanol–water partition coefficient (Wildman–Crippen LogP) is 4.39. The highest BCUT2D eigenvalue weighted by Crippen LogP contribution is 2.30. The molecule has 0 spiro atoms. The van der Waals surface area contributed by atoms with Gasteiger partial charge in [-0.2, -0.15) is 18.2 Å². The molecule has 1 aromatic heterocycles. The van der Waals surface area contributed by atoms with Crippen molar-refractivity contribution in [3.8, 4) is 17.1 Å². The van der Waals surface area contributed by atoms with E-state index in [1.807, 2.05) is 24.3 Å². The summed E-state index contributed by atoms with van der Waals surface area (Å²) in [6.45, 7) is 1.20.